The van der Waals surface area contributed by atoms with Crippen LogP contribution in [0.2, 0.25) is 0 Å². The van der Waals surface area contributed by atoms with Crippen LogP contribution in [0.15, 0.2) is 30.3 Å². The van der Waals surface area contributed by atoms with E-state index >= 15 is 0 Å². The highest BCUT2D eigenvalue weighted by Crippen LogP contribution is 2.46. The van der Waals surface area contributed by atoms with Crippen LogP contribution in [0.4, 0.5) is 15.0 Å². The summed E-state index contributed by atoms with van der Waals surface area (Å²) < 4.78 is 26.4. The zero-order chi connectivity index (χ0) is 28.2. The highest BCUT2D eigenvalue weighted by Gasteiger charge is 2.44. The number of hydrogen-bond acceptors (Lipinski definition) is 7. The van der Waals surface area contributed by atoms with Crippen molar-refractivity contribution in [2.45, 2.75) is 76.5 Å². The van der Waals surface area contributed by atoms with Gasteiger partial charge in [0, 0.05) is 37.3 Å². The third kappa shape index (κ3) is 4.81. The SMILES string of the molecule is COC(=O)C1C=C(N2CCC3C(CCN3C(=O)OC(C)(C)C)C2)c2c(C3CCC3)nn(-c3ccc(F)cc3)c2N1. The first-order chi connectivity index (χ1) is 19.1. The molecule has 10 heteroatoms. The maximum Gasteiger partial charge on any atom is 0.410 e. The van der Waals surface area contributed by atoms with E-state index in [1.165, 1.54) is 19.2 Å². The molecular weight excluding hydrogens is 513 g/mol. The quantitative estimate of drug-likeness (QED) is 0.540. The van der Waals surface area contributed by atoms with Gasteiger partial charge in [-0.3, -0.25) is 0 Å². The lowest BCUT2D eigenvalue weighted by Crippen LogP contribution is -2.48. The normalized spacial score (nSPS) is 24.4. The van der Waals surface area contributed by atoms with Gasteiger partial charge in [0.1, 0.15) is 23.3 Å². The standard InChI is InChI=1S/C30H38FN5O4/c1-30(2,3)40-29(38)35-15-12-19-17-34(14-13-23(19)35)24-16-22(28(37)39-4)32-27-25(24)26(18-6-5-7-18)33-36(27)21-10-8-20(31)9-11-21/h8-11,16,18-19,22-23,32H,5-7,12-15,17H2,1-4H3. The van der Waals surface area contributed by atoms with Crippen molar-refractivity contribution in [3.63, 3.8) is 0 Å². The van der Waals surface area contributed by atoms with Crippen LogP contribution in [-0.4, -0.2) is 76.1 Å². The Morgan fingerprint density at radius 2 is 1.82 bits per heavy atom. The first kappa shape index (κ1) is 26.7. The Hall–Kier alpha value is -3.56. The van der Waals surface area contributed by atoms with Crippen LogP contribution in [0.3, 0.4) is 0 Å². The Morgan fingerprint density at radius 1 is 1.07 bits per heavy atom. The number of carbonyl (C=O) groups excluding carboxylic acids is 2. The van der Waals surface area contributed by atoms with Crippen molar-refractivity contribution in [2.75, 3.05) is 32.1 Å². The minimum absolute atomic E-state index is 0.136. The van der Waals surface area contributed by atoms with E-state index in [-0.39, 0.29) is 23.9 Å². The Kier molecular flexibility index (Phi) is 6.74. The lowest BCUT2D eigenvalue weighted by atomic mass is 9.80. The summed E-state index contributed by atoms with van der Waals surface area (Å²) in [6.45, 7) is 7.88. The first-order valence-corrected chi connectivity index (χ1v) is 14.3. The number of carbonyl (C=O) groups is 2. The molecule has 3 atom stereocenters. The number of amides is 1. The maximum atomic E-state index is 13.8. The van der Waals surface area contributed by atoms with E-state index in [9.17, 15) is 14.0 Å². The van der Waals surface area contributed by atoms with E-state index in [2.05, 4.69) is 10.2 Å². The fourth-order valence-electron chi connectivity index (χ4n) is 6.46. The fourth-order valence-corrected chi connectivity index (χ4v) is 6.46. The third-order valence-corrected chi connectivity index (χ3v) is 8.61. The molecule has 214 valence electrons. The second kappa shape index (κ2) is 10.1. The molecular formula is C30H38FN5O4. The van der Waals surface area contributed by atoms with Crippen molar-refractivity contribution in [3.8, 4) is 5.69 Å². The molecule has 9 nitrogen and oxygen atoms in total. The minimum atomic E-state index is -0.683. The molecule has 2 aromatic rings. The lowest BCUT2D eigenvalue weighted by Gasteiger charge is -2.41. The number of halogens is 1. The molecule has 1 aliphatic carbocycles. The minimum Gasteiger partial charge on any atom is -0.467 e. The van der Waals surface area contributed by atoms with E-state index < -0.39 is 11.6 Å². The molecule has 0 radical (unpaired) electrons. The van der Waals surface area contributed by atoms with Crippen LogP contribution in [0.1, 0.15) is 70.1 Å². The van der Waals surface area contributed by atoms with Crippen molar-refractivity contribution in [2.24, 2.45) is 5.92 Å². The van der Waals surface area contributed by atoms with E-state index in [1.54, 1.807) is 16.8 Å². The van der Waals surface area contributed by atoms with Crippen LogP contribution >= 0.6 is 0 Å². The van der Waals surface area contributed by atoms with Gasteiger partial charge in [0.2, 0.25) is 0 Å². The van der Waals surface area contributed by atoms with Gasteiger partial charge in [-0.1, -0.05) is 6.42 Å². The summed E-state index contributed by atoms with van der Waals surface area (Å²) in [7, 11) is 1.39. The molecule has 1 amide bonds. The molecule has 3 unspecified atom stereocenters. The second-order valence-corrected chi connectivity index (χ2v) is 12.3. The zero-order valence-electron chi connectivity index (χ0n) is 23.7. The van der Waals surface area contributed by atoms with Gasteiger partial charge in [-0.15, -0.1) is 0 Å². The Balaban J connectivity index is 1.35. The maximum absolute atomic E-state index is 13.8. The summed E-state index contributed by atoms with van der Waals surface area (Å²) in [5.41, 5.74) is 3.19. The Bertz CT molecular complexity index is 1330. The fraction of sp³-hybridized carbons (Fsp3) is 0.567. The topological polar surface area (TPSA) is 88.9 Å². The highest BCUT2D eigenvalue weighted by molar-refractivity contribution is 5.90. The molecule has 0 bridgehead atoms. The summed E-state index contributed by atoms with van der Waals surface area (Å²) in [5, 5.41) is 8.43. The van der Waals surface area contributed by atoms with E-state index in [4.69, 9.17) is 14.6 Å². The third-order valence-electron chi connectivity index (χ3n) is 8.61. The molecule has 4 heterocycles. The number of aromatic nitrogens is 2. The summed E-state index contributed by atoms with van der Waals surface area (Å²) >= 11 is 0. The molecule has 6 rings (SSSR count). The number of fused-ring (bicyclic) bond motifs is 2. The Morgan fingerprint density at radius 3 is 2.48 bits per heavy atom. The van der Waals surface area contributed by atoms with Gasteiger partial charge in [-0.2, -0.15) is 5.10 Å². The van der Waals surface area contributed by atoms with E-state index in [0.29, 0.717) is 18.4 Å². The van der Waals surface area contributed by atoms with Gasteiger partial charge in [0.05, 0.1) is 24.1 Å². The first-order valence-electron chi connectivity index (χ1n) is 14.3. The van der Waals surface area contributed by atoms with Crippen LogP contribution in [0.5, 0.6) is 0 Å². The van der Waals surface area contributed by atoms with Gasteiger partial charge in [0.25, 0.3) is 0 Å². The van der Waals surface area contributed by atoms with Gasteiger partial charge in [0.15, 0.2) is 0 Å². The largest absolute Gasteiger partial charge is 0.467 e. The summed E-state index contributed by atoms with van der Waals surface area (Å²) in [6.07, 6.45) is 6.74. The van der Waals surface area contributed by atoms with Gasteiger partial charge >= 0.3 is 12.1 Å². The molecule has 2 saturated heterocycles. The summed E-state index contributed by atoms with van der Waals surface area (Å²) in [5.74, 6) is 0.667. The van der Waals surface area contributed by atoms with E-state index in [0.717, 1.165) is 73.7 Å². The van der Waals surface area contributed by atoms with Crippen LogP contribution in [0.25, 0.3) is 11.4 Å². The molecule has 1 aromatic carbocycles. The number of benzene rings is 1. The van der Waals surface area contributed by atoms with Gasteiger partial charge in [-0.25, -0.2) is 18.7 Å². The molecule has 40 heavy (non-hydrogen) atoms. The monoisotopic (exact) mass is 551 g/mol. The molecule has 3 fully saturated rings. The van der Waals surface area contributed by atoms with Crippen LogP contribution in [0, 0.1) is 11.7 Å². The van der Waals surface area contributed by atoms with Crippen molar-refractivity contribution < 1.29 is 23.5 Å². The number of piperidine rings is 1. The lowest BCUT2D eigenvalue weighted by molar-refractivity contribution is -0.140. The van der Waals surface area contributed by atoms with Gasteiger partial charge < -0.3 is 24.6 Å². The zero-order valence-corrected chi connectivity index (χ0v) is 23.7. The molecule has 1 N–H and O–H groups in total. The number of ether oxygens (including phenoxy) is 2. The number of rotatable bonds is 4. The predicted octanol–water partition coefficient (Wildman–Crippen LogP) is 4.92. The van der Waals surface area contributed by atoms with Crippen LogP contribution < -0.4 is 5.32 Å². The predicted molar refractivity (Wildman–Crippen MR) is 149 cm³/mol. The Labute approximate surface area is 234 Å². The average molecular weight is 552 g/mol. The molecule has 3 aliphatic heterocycles. The molecule has 1 aromatic heterocycles. The molecule has 4 aliphatic rings. The number of nitrogens with zero attached hydrogens (tertiary/aromatic N) is 4. The van der Waals surface area contributed by atoms with Crippen molar-refractivity contribution in [1.82, 2.24) is 19.6 Å². The number of hydrogen-bond donors (Lipinski definition) is 1. The number of nitrogens with one attached hydrogen (secondary N) is 1. The van der Waals surface area contributed by atoms with E-state index in [1.807, 2.05) is 31.7 Å². The summed E-state index contributed by atoms with van der Waals surface area (Å²) in [4.78, 5) is 30.0. The number of anilines is 1. The highest BCUT2D eigenvalue weighted by atomic mass is 19.1. The smallest absolute Gasteiger partial charge is 0.410 e. The second-order valence-electron chi connectivity index (χ2n) is 12.3. The summed E-state index contributed by atoms with van der Waals surface area (Å²) in [6, 6.07) is 5.70. The number of likely N-dealkylation sites (tertiary alicyclic amines) is 2. The van der Waals surface area contributed by atoms with Crippen molar-refractivity contribution in [3.05, 3.63) is 47.4 Å². The molecule has 0 spiro atoms. The van der Waals surface area contributed by atoms with Crippen molar-refractivity contribution >= 4 is 23.6 Å². The number of esters is 1. The average Bonchev–Trinajstić information content (AvgIpc) is 3.48. The van der Waals surface area contributed by atoms with Crippen molar-refractivity contribution in [1.29, 1.82) is 0 Å². The van der Waals surface area contributed by atoms with Gasteiger partial charge in [-0.05, 0) is 82.7 Å². The molecule has 1 saturated carbocycles. The number of methoxy groups -OCH3 is 1. The van der Waals surface area contributed by atoms with Crippen LogP contribution in [-0.2, 0) is 14.3 Å².